The van der Waals surface area contributed by atoms with Crippen molar-refractivity contribution >= 4 is 17.5 Å². The summed E-state index contributed by atoms with van der Waals surface area (Å²) in [5, 5.41) is 3.02. The number of Topliss-reactive ketones (excluding diaryl/α,β-unsaturated/α-hetero) is 2. The van der Waals surface area contributed by atoms with Crippen LogP contribution in [0.25, 0.3) is 0 Å². The third-order valence-corrected chi connectivity index (χ3v) is 7.30. The molecule has 0 radical (unpaired) electrons. The zero-order valence-corrected chi connectivity index (χ0v) is 18.7. The Bertz CT molecular complexity index is 1010. The molecular weight excluding hydrogens is 455 g/mol. The van der Waals surface area contributed by atoms with E-state index in [2.05, 4.69) is 10.1 Å². The second kappa shape index (κ2) is 8.05. The molecule has 4 aliphatic carbocycles. The third-order valence-electron chi connectivity index (χ3n) is 7.30. The normalized spacial score (nSPS) is 33.5. The molecular formula is C24H26F3NO6. The highest BCUT2D eigenvalue weighted by molar-refractivity contribution is 6.03. The Balaban J connectivity index is 1.03. The molecule has 1 atom stereocenters. The van der Waals surface area contributed by atoms with Crippen LogP contribution in [0.4, 0.5) is 13.2 Å². The van der Waals surface area contributed by atoms with Crippen LogP contribution in [0.3, 0.4) is 0 Å². The van der Waals surface area contributed by atoms with Crippen molar-refractivity contribution in [2.24, 2.45) is 5.41 Å². The number of carbonyl (C=O) groups excluding carboxylic acids is 3. The number of benzene rings is 1. The summed E-state index contributed by atoms with van der Waals surface area (Å²) in [4.78, 5) is 37.5. The van der Waals surface area contributed by atoms with E-state index >= 15 is 0 Å². The molecule has 6 rings (SSSR count). The van der Waals surface area contributed by atoms with E-state index in [0.717, 1.165) is 5.56 Å². The number of alkyl halides is 3. The van der Waals surface area contributed by atoms with Crippen molar-refractivity contribution in [3.05, 3.63) is 29.3 Å². The van der Waals surface area contributed by atoms with Crippen molar-refractivity contribution in [2.45, 2.75) is 82.1 Å². The molecule has 1 aromatic carbocycles. The highest BCUT2D eigenvalue weighted by Crippen LogP contribution is 2.69. The molecule has 0 aromatic heterocycles. The smallest absolute Gasteiger partial charge is 0.479 e. The Hall–Kier alpha value is -2.46. The molecule has 4 saturated carbocycles. The fourth-order valence-electron chi connectivity index (χ4n) is 5.86. The molecule has 1 aromatic rings. The van der Waals surface area contributed by atoms with Crippen LogP contribution < -0.4 is 10.1 Å². The molecule has 1 N–H and O–H groups in total. The molecule has 1 aliphatic heterocycles. The van der Waals surface area contributed by atoms with E-state index in [1.807, 2.05) is 13.0 Å². The molecule has 0 spiro atoms. The van der Waals surface area contributed by atoms with Crippen LogP contribution in [0.15, 0.2) is 18.2 Å². The molecule has 0 saturated heterocycles. The van der Waals surface area contributed by atoms with Crippen LogP contribution in [0.2, 0.25) is 0 Å². The van der Waals surface area contributed by atoms with Gasteiger partial charge in [-0.25, -0.2) is 0 Å². The lowest BCUT2D eigenvalue weighted by Crippen LogP contribution is -2.75. The predicted octanol–water partition coefficient (Wildman–Crippen LogP) is 3.41. The average Bonchev–Trinajstić information content (AvgIpc) is 2.66. The van der Waals surface area contributed by atoms with E-state index in [1.54, 1.807) is 12.1 Å². The summed E-state index contributed by atoms with van der Waals surface area (Å²) in [7, 11) is 0. The largest absolute Gasteiger partial charge is 0.522 e. The molecule has 184 valence electrons. The summed E-state index contributed by atoms with van der Waals surface area (Å²) in [6.45, 7) is 1.76. The lowest BCUT2D eigenvalue weighted by atomic mass is 9.38. The fraction of sp³-hybridized carbons (Fsp3) is 0.625. The molecule has 1 heterocycles. The van der Waals surface area contributed by atoms with Crippen LogP contribution in [0.5, 0.6) is 5.75 Å². The van der Waals surface area contributed by atoms with Crippen molar-refractivity contribution in [1.82, 2.24) is 5.32 Å². The first kappa shape index (κ1) is 23.3. The Morgan fingerprint density at radius 1 is 1.18 bits per heavy atom. The summed E-state index contributed by atoms with van der Waals surface area (Å²) in [5.74, 6) is -0.104. The second-order valence-corrected chi connectivity index (χ2v) is 10.3. The minimum absolute atomic E-state index is 0.00459. The lowest BCUT2D eigenvalue weighted by Gasteiger charge is -2.70. The first-order chi connectivity index (χ1) is 15.9. The number of aryl methyl sites for hydroxylation is 1. The van der Waals surface area contributed by atoms with Crippen molar-refractivity contribution in [1.29, 1.82) is 0 Å². The zero-order valence-electron chi connectivity index (χ0n) is 18.7. The average molecular weight is 481 g/mol. The van der Waals surface area contributed by atoms with Gasteiger partial charge in [-0.1, -0.05) is 11.6 Å². The van der Waals surface area contributed by atoms with E-state index in [0.29, 0.717) is 37.0 Å². The SMILES string of the molecule is Cc1ccc2c(c1)C(=O)CC(C(=O)NC13CC(CC(=O)COC4CC(OC(F)(F)F)C4)(C1)C3)O2. The number of halogens is 3. The first-order valence-corrected chi connectivity index (χ1v) is 11.4. The van der Waals surface area contributed by atoms with Crippen LogP contribution in [-0.2, 0) is 19.1 Å². The number of amides is 1. The van der Waals surface area contributed by atoms with Crippen LogP contribution in [0.1, 0.15) is 60.9 Å². The number of rotatable bonds is 8. The molecule has 1 unspecified atom stereocenters. The molecule has 1 amide bonds. The van der Waals surface area contributed by atoms with Gasteiger partial charge in [-0.2, -0.15) is 0 Å². The number of hydrogen-bond donors (Lipinski definition) is 1. The Labute approximate surface area is 194 Å². The maximum absolute atomic E-state index is 12.8. The van der Waals surface area contributed by atoms with Gasteiger partial charge < -0.3 is 14.8 Å². The van der Waals surface area contributed by atoms with E-state index < -0.39 is 18.6 Å². The number of nitrogens with one attached hydrogen (secondary N) is 1. The van der Waals surface area contributed by atoms with E-state index in [1.165, 1.54) is 0 Å². The van der Waals surface area contributed by atoms with Crippen LogP contribution >= 0.6 is 0 Å². The highest BCUT2D eigenvalue weighted by atomic mass is 19.4. The zero-order chi connectivity index (χ0) is 24.3. The summed E-state index contributed by atoms with van der Waals surface area (Å²) < 4.78 is 51.5. The van der Waals surface area contributed by atoms with Gasteiger partial charge in [-0.3, -0.25) is 19.1 Å². The third kappa shape index (κ3) is 4.57. The molecule has 4 fully saturated rings. The van der Waals surface area contributed by atoms with E-state index in [9.17, 15) is 27.6 Å². The number of hydrogen-bond acceptors (Lipinski definition) is 6. The summed E-state index contributed by atoms with van der Waals surface area (Å²) in [6, 6.07) is 5.30. The maximum Gasteiger partial charge on any atom is 0.522 e. The number of ether oxygens (including phenoxy) is 3. The molecule has 2 bridgehead atoms. The highest BCUT2D eigenvalue weighted by Gasteiger charge is 2.68. The Kier molecular flexibility index (Phi) is 5.51. The van der Waals surface area contributed by atoms with Crippen molar-refractivity contribution in [2.75, 3.05) is 6.61 Å². The van der Waals surface area contributed by atoms with Gasteiger partial charge in [0.15, 0.2) is 17.7 Å². The summed E-state index contributed by atoms with van der Waals surface area (Å²) >= 11 is 0. The Morgan fingerprint density at radius 3 is 2.56 bits per heavy atom. The quantitative estimate of drug-likeness (QED) is 0.612. The maximum atomic E-state index is 12.8. The molecule has 7 nitrogen and oxygen atoms in total. The van der Waals surface area contributed by atoms with Crippen LogP contribution in [-0.4, -0.2) is 54.3 Å². The minimum atomic E-state index is -4.65. The van der Waals surface area contributed by atoms with Crippen LogP contribution in [0, 0.1) is 12.3 Å². The number of fused-ring (bicyclic) bond motifs is 1. The fourth-order valence-corrected chi connectivity index (χ4v) is 5.86. The lowest BCUT2D eigenvalue weighted by molar-refractivity contribution is -0.357. The molecule has 10 heteroatoms. The minimum Gasteiger partial charge on any atom is -0.479 e. The summed E-state index contributed by atoms with van der Waals surface area (Å²) in [5.41, 5.74) is 0.946. The number of carbonyl (C=O) groups is 3. The Morgan fingerprint density at radius 2 is 1.88 bits per heavy atom. The summed E-state index contributed by atoms with van der Waals surface area (Å²) in [6.07, 6.45) is -4.19. The monoisotopic (exact) mass is 481 g/mol. The topological polar surface area (TPSA) is 90.9 Å². The van der Waals surface area contributed by atoms with Gasteiger partial charge in [0.2, 0.25) is 0 Å². The van der Waals surface area contributed by atoms with Gasteiger partial charge in [-0.15, -0.1) is 13.2 Å². The van der Waals surface area contributed by atoms with Gasteiger partial charge in [0, 0.05) is 24.8 Å². The van der Waals surface area contributed by atoms with Crippen molar-refractivity contribution < 1.29 is 41.8 Å². The number of ketones is 2. The standard InChI is InChI=1S/C24H26F3NO6/c1-13-2-3-19-17(4-13)18(30)7-20(33-19)21(31)28-23-10-22(11-23,12-23)8-14(29)9-32-15-5-16(6-15)34-24(25,26)27/h2-4,15-16,20H,5-12H2,1H3,(H,28,31). The van der Waals surface area contributed by atoms with E-state index in [-0.39, 0.29) is 60.4 Å². The molecule has 5 aliphatic rings. The second-order valence-electron chi connectivity index (χ2n) is 10.3. The van der Waals surface area contributed by atoms with Gasteiger partial charge in [0.1, 0.15) is 12.4 Å². The molecule has 34 heavy (non-hydrogen) atoms. The first-order valence-electron chi connectivity index (χ1n) is 11.4. The van der Waals surface area contributed by atoms with E-state index in [4.69, 9.17) is 9.47 Å². The van der Waals surface area contributed by atoms with Gasteiger partial charge >= 0.3 is 6.36 Å². The van der Waals surface area contributed by atoms with Gasteiger partial charge in [0.05, 0.1) is 24.2 Å². The van der Waals surface area contributed by atoms with Gasteiger partial charge in [0.25, 0.3) is 5.91 Å². The van der Waals surface area contributed by atoms with Crippen molar-refractivity contribution in [3.63, 3.8) is 0 Å². The van der Waals surface area contributed by atoms with Crippen molar-refractivity contribution in [3.8, 4) is 5.75 Å². The predicted molar refractivity (Wildman–Crippen MR) is 111 cm³/mol. The van der Waals surface area contributed by atoms with Gasteiger partial charge in [-0.05, 0) is 43.7 Å².